The number of carbonyl (C=O) groups excluding carboxylic acids is 1. The van der Waals surface area contributed by atoms with Gasteiger partial charge in [0, 0.05) is 31.9 Å². The summed E-state index contributed by atoms with van der Waals surface area (Å²) in [5, 5.41) is 13.6. The number of anilines is 1. The van der Waals surface area contributed by atoms with Crippen molar-refractivity contribution in [2.75, 3.05) is 18.4 Å². The second-order valence-electron chi connectivity index (χ2n) is 3.88. The Kier molecular flexibility index (Phi) is 4.44. The Labute approximate surface area is 110 Å². The van der Waals surface area contributed by atoms with E-state index in [9.17, 15) is 4.79 Å². The molecule has 2 aromatic rings. The van der Waals surface area contributed by atoms with Gasteiger partial charge in [-0.2, -0.15) is 0 Å². The lowest BCUT2D eigenvalue weighted by molar-refractivity contribution is 0.0950. The quantitative estimate of drug-likeness (QED) is 0.707. The fourth-order valence-corrected chi connectivity index (χ4v) is 1.54. The minimum Gasteiger partial charge on any atom is -0.368 e. The van der Waals surface area contributed by atoms with Crippen molar-refractivity contribution in [1.29, 1.82) is 0 Å². The Balaban J connectivity index is 1.83. The number of hydrogen-bond donors (Lipinski definition) is 3. The van der Waals surface area contributed by atoms with Gasteiger partial charge in [-0.15, -0.1) is 10.2 Å². The van der Waals surface area contributed by atoms with E-state index in [1.165, 1.54) is 0 Å². The van der Waals surface area contributed by atoms with Crippen LogP contribution in [0, 0.1) is 0 Å². The molecule has 0 saturated carbocycles. The third-order valence-corrected chi connectivity index (χ3v) is 2.46. The fourth-order valence-electron chi connectivity index (χ4n) is 1.54. The summed E-state index contributed by atoms with van der Waals surface area (Å²) in [6.45, 7) is 3.13. The van der Waals surface area contributed by atoms with Gasteiger partial charge >= 0.3 is 0 Å². The number of imidazole rings is 1. The maximum Gasteiger partial charge on any atom is 0.271 e. The lowest BCUT2D eigenvalue weighted by Gasteiger charge is -2.04. The normalized spacial score (nSPS) is 10.2. The van der Waals surface area contributed by atoms with Gasteiger partial charge in [0.25, 0.3) is 5.91 Å². The lowest BCUT2D eigenvalue weighted by Crippen LogP contribution is -2.24. The summed E-state index contributed by atoms with van der Waals surface area (Å²) >= 11 is 0. The maximum absolute atomic E-state index is 11.5. The summed E-state index contributed by atoms with van der Waals surface area (Å²) in [5.41, 5.74) is 0.318. The topological polar surface area (TPSA) is 95.6 Å². The molecule has 0 atom stereocenters. The van der Waals surface area contributed by atoms with E-state index in [1.54, 1.807) is 24.5 Å². The van der Waals surface area contributed by atoms with Crippen molar-refractivity contribution < 1.29 is 4.79 Å². The highest BCUT2D eigenvalue weighted by atomic mass is 16.1. The van der Waals surface area contributed by atoms with Crippen molar-refractivity contribution in [1.82, 2.24) is 25.5 Å². The van der Waals surface area contributed by atoms with E-state index in [-0.39, 0.29) is 5.91 Å². The molecule has 7 nitrogen and oxygen atoms in total. The Morgan fingerprint density at radius 3 is 2.89 bits per heavy atom. The van der Waals surface area contributed by atoms with E-state index in [0.717, 1.165) is 12.2 Å². The third-order valence-electron chi connectivity index (χ3n) is 2.46. The molecule has 2 heterocycles. The molecule has 0 aliphatic heterocycles. The Morgan fingerprint density at radius 1 is 1.37 bits per heavy atom. The molecule has 0 unspecified atom stereocenters. The van der Waals surface area contributed by atoms with Crippen LogP contribution in [-0.2, 0) is 6.42 Å². The van der Waals surface area contributed by atoms with E-state index >= 15 is 0 Å². The van der Waals surface area contributed by atoms with Crippen LogP contribution in [0.3, 0.4) is 0 Å². The summed E-state index contributed by atoms with van der Waals surface area (Å²) < 4.78 is 0. The van der Waals surface area contributed by atoms with Gasteiger partial charge in [-0.05, 0) is 19.1 Å². The summed E-state index contributed by atoms with van der Waals surface area (Å²) in [4.78, 5) is 18.6. The molecule has 2 aromatic heterocycles. The SMILES string of the molecule is CCNC(=O)c1ccc(NCCc2ncc[nH]2)nn1. The summed E-state index contributed by atoms with van der Waals surface area (Å²) in [6, 6.07) is 3.38. The van der Waals surface area contributed by atoms with Gasteiger partial charge in [-0.3, -0.25) is 4.79 Å². The first-order valence-electron chi connectivity index (χ1n) is 6.13. The first-order chi connectivity index (χ1) is 9.29. The molecule has 0 fully saturated rings. The summed E-state index contributed by atoms with van der Waals surface area (Å²) in [5.74, 6) is 1.34. The van der Waals surface area contributed by atoms with Crippen LogP contribution in [0.1, 0.15) is 23.2 Å². The predicted octanol–water partition coefficient (Wildman–Crippen LogP) is 0.604. The Hall–Kier alpha value is -2.44. The second kappa shape index (κ2) is 6.48. The molecular formula is C12H16N6O. The smallest absolute Gasteiger partial charge is 0.271 e. The highest BCUT2D eigenvalue weighted by Gasteiger charge is 2.06. The molecule has 100 valence electrons. The number of nitrogens with one attached hydrogen (secondary N) is 3. The number of carbonyl (C=O) groups is 1. The number of hydrogen-bond acceptors (Lipinski definition) is 5. The van der Waals surface area contributed by atoms with Crippen molar-refractivity contribution in [3.8, 4) is 0 Å². The number of rotatable bonds is 6. The van der Waals surface area contributed by atoms with Gasteiger partial charge in [-0.25, -0.2) is 4.98 Å². The van der Waals surface area contributed by atoms with Crippen LogP contribution >= 0.6 is 0 Å². The maximum atomic E-state index is 11.5. The average Bonchev–Trinajstić information content (AvgIpc) is 2.93. The van der Waals surface area contributed by atoms with Crippen molar-refractivity contribution in [3.05, 3.63) is 36.0 Å². The van der Waals surface area contributed by atoms with Crippen molar-refractivity contribution in [3.63, 3.8) is 0 Å². The minimum absolute atomic E-state index is 0.211. The standard InChI is InChI=1S/C12H16N6O/c1-2-13-12(19)9-3-4-11(18-17-9)14-6-5-10-15-7-8-16-10/h3-4,7-8H,2,5-6H2,1H3,(H,13,19)(H,14,18)(H,15,16). The van der Waals surface area contributed by atoms with E-state index < -0.39 is 0 Å². The Bertz CT molecular complexity index is 508. The van der Waals surface area contributed by atoms with Crippen LogP contribution in [0.15, 0.2) is 24.5 Å². The van der Waals surface area contributed by atoms with Crippen LogP contribution in [0.2, 0.25) is 0 Å². The number of aromatic amines is 1. The summed E-state index contributed by atoms with van der Waals surface area (Å²) in [7, 11) is 0. The predicted molar refractivity (Wildman–Crippen MR) is 70.8 cm³/mol. The fraction of sp³-hybridized carbons (Fsp3) is 0.333. The molecule has 1 amide bonds. The van der Waals surface area contributed by atoms with Gasteiger partial charge in [0.2, 0.25) is 0 Å². The molecule has 0 spiro atoms. The van der Waals surface area contributed by atoms with E-state index in [1.807, 2.05) is 6.92 Å². The molecule has 3 N–H and O–H groups in total. The molecule has 0 aromatic carbocycles. The second-order valence-corrected chi connectivity index (χ2v) is 3.88. The summed E-state index contributed by atoms with van der Waals surface area (Å²) in [6.07, 6.45) is 4.28. The van der Waals surface area contributed by atoms with E-state index in [0.29, 0.717) is 24.6 Å². The molecule has 0 aliphatic carbocycles. The van der Waals surface area contributed by atoms with Crippen LogP contribution in [0.5, 0.6) is 0 Å². The molecule has 0 bridgehead atoms. The molecule has 0 radical (unpaired) electrons. The van der Waals surface area contributed by atoms with Crippen LogP contribution < -0.4 is 10.6 Å². The molecule has 0 aliphatic rings. The minimum atomic E-state index is -0.211. The van der Waals surface area contributed by atoms with Crippen LogP contribution in [0.4, 0.5) is 5.82 Å². The first kappa shape index (κ1) is 13.0. The number of amides is 1. The largest absolute Gasteiger partial charge is 0.368 e. The third kappa shape index (κ3) is 3.77. The van der Waals surface area contributed by atoms with E-state index in [2.05, 4.69) is 30.8 Å². The lowest BCUT2D eigenvalue weighted by atomic mass is 10.3. The molecule has 2 rings (SSSR count). The zero-order chi connectivity index (χ0) is 13.5. The number of H-pyrrole nitrogens is 1. The van der Waals surface area contributed by atoms with Gasteiger partial charge in [0.1, 0.15) is 11.6 Å². The number of nitrogens with zero attached hydrogens (tertiary/aromatic N) is 3. The van der Waals surface area contributed by atoms with E-state index in [4.69, 9.17) is 0 Å². The monoisotopic (exact) mass is 260 g/mol. The van der Waals surface area contributed by atoms with Crippen LogP contribution in [0.25, 0.3) is 0 Å². The molecule has 19 heavy (non-hydrogen) atoms. The first-order valence-corrected chi connectivity index (χ1v) is 6.13. The molecule has 0 saturated heterocycles. The zero-order valence-electron chi connectivity index (χ0n) is 10.7. The van der Waals surface area contributed by atoms with Crippen LogP contribution in [-0.4, -0.2) is 39.2 Å². The average molecular weight is 260 g/mol. The van der Waals surface area contributed by atoms with Crippen molar-refractivity contribution >= 4 is 11.7 Å². The zero-order valence-corrected chi connectivity index (χ0v) is 10.7. The molecular weight excluding hydrogens is 244 g/mol. The van der Waals surface area contributed by atoms with Crippen molar-refractivity contribution in [2.24, 2.45) is 0 Å². The Morgan fingerprint density at radius 2 is 2.26 bits per heavy atom. The van der Waals surface area contributed by atoms with Gasteiger partial charge < -0.3 is 15.6 Å². The van der Waals surface area contributed by atoms with Gasteiger partial charge in [-0.1, -0.05) is 0 Å². The molecule has 7 heteroatoms. The number of aromatic nitrogens is 4. The van der Waals surface area contributed by atoms with Crippen molar-refractivity contribution in [2.45, 2.75) is 13.3 Å². The van der Waals surface area contributed by atoms with Gasteiger partial charge in [0.15, 0.2) is 5.69 Å². The van der Waals surface area contributed by atoms with Gasteiger partial charge in [0.05, 0.1) is 0 Å². The highest BCUT2D eigenvalue weighted by Crippen LogP contribution is 2.02. The highest BCUT2D eigenvalue weighted by molar-refractivity contribution is 5.92.